The molecular formula is C18H20ClF. The van der Waals surface area contributed by atoms with E-state index in [0.29, 0.717) is 11.8 Å². The standard InChI is InChI=1S/C18H20ClF/c1-2-14-3-5-15(6-4-14)11-17(13-19)12-16-7-9-18(20)10-8-16/h3-10,17H,2,11-13H2,1H3. The molecule has 0 aliphatic rings. The number of alkyl halides is 1. The third-order valence-corrected chi connectivity index (χ3v) is 4.05. The van der Waals surface area contributed by atoms with E-state index in [0.717, 1.165) is 24.8 Å². The van der Waals surface area contributed by atoms with E-state index < -0.39 is 0 Å². The van der Waals surface area contributed by atoms with Gasteiger partial charge in [0, 0.05) is 5.88 Å². The maximum Gasteiger partial charge on any atom is 0.123 e. The van der Waals surface area contributed by atoms with Crippen molar-refractivity contribution in [3.63, 3.8) is 0 Å². The molecule has 2 aromatic rings. The summed E-state index contributed by atoms with van der Waals surface area (Å²) in [6.07, 6.45) is 2.92. The molecule has 0 spiro atoms. The third kappa shape index (κ3) is 4.35. The molecule has 1 atom stereocenters. The van der Waals surface area contributed by atoms with E-state index in [2.05, 4.69) is 31.2 Å². The molecule has 0 radical (unpaired) electrons. The first-order valence-electron chi connectivity index (χ1n) is 7.09. The van der Waals surface area contributed by atoms with Gasteiger partial charge in [-0.3, -0.25) is 0 Å². The highest BCUT2D eigenvalue weighted by molar-refractivity contribution is 6.18. The Bertz CT molecular complexity index is 516. The molecule has 1 unspecified atom stereocenters. The van der Waals surface area contributed by atoms with Crippen molar-refractivity contribution in [3.05, 3.63) is 71.0 Å². The van der Waals surface area contributed by atoms with Crippen LogP contribution in [-0.4, -0.2) is 5.88 Å². The van der Waals surface area contributed by atoms with Gasteiger partial charge in [-0.1, -0.05) is 43.3 Å². The lowest BCUT2D eigenvalue weighted by atomic mass is 9.93. The summed E-state index contributed by atoms with van der Waals surface area (Å²) in [6.45, 7) is 2.16. The van der Waals surface area contributed by atoms with Crippen LogP contribution in [0, 0.1) is 11.7 Å². The molecule has 0 aliphatic heterocycles. The van der Waals surface area contributed by atoms with Gasteiger partial charge in [-0.05, 0) is 54.0 Å². The first-order valence-corrected chi connectivity index (χ1v) is 7.63. The van der Waals surface area contributed by atoms with Gasteiger partial charge in [0.15, 0.2) is 0 Å². The molecule has 2 aromatic carbocycles. The fourth-order valence-electron chi connectivity index (χ4n) is 2.38. The summed E-state index contributed by atoms with van der Waals surface area (Å²) in [5.74, 6) is 0.813. The smallest absolute Gasteiger partial charge is 0.123 e. The number of aryl methyl sites for hydroxylation is 1. The minimum absolute atomic E-state index is 0.189. The fraction of sp³-hybridized carbons (Fsp3) is 0.333. The zero-order valence-corrected chi connectivity index (χ0v) is 12.5. The fourth-order valence-corrected chi connectivity index (χ4v) is 2.60. The van der Waals surface area contributed by atoms with Crippen molar-refractivity contribution in [3.8, 4) is 0 Å². The Balaban J connectivity index is 1.99. The Labute approximate surface area is 125 Å². The number of benzene rings is 2. The van der Waals surface area contributed by atoms with Gasteiger partial charge in [0.1, 0.15) is 5.82 Å². The number of hydrogen-bond acceptors (Lipinski definition) is 0. The molecule has 0 nitrogen and oxygen atoms in total. The van der Waals surface area contributed by atoms with Crippen LogP contribution in [0.3, 0.4) is 0 Å². The molecule has 0 heterocycles. The minimum atomic E-state index is -0.189. The first kappa shape index (κ1) is 15.1. The molecule has 0 fully saturated rings. The molecule has 0 aromatic heterocycles. The van der Waals surface area contributed by atoms with Crippen LogP contribution < -0.4 is 0 Å². The van der Waals surface area contributed by atoms with Crippen molar-refractivity contribution in [2.75, 3.05) is 5.88 Å². The van der Waals surface area contributed by atoms with Crippen molar-refractivity contribution in [2.24, 2.45) is 5.92 Å². The average Bonchev–Trinajstić information content (AvgIpc) is 2.49. The molecule has 0 saturated heterocycles. The summed E-state index contributed by atoms with van der Waals surface area (Å²) in [7, 11) is 0. The Hall–Kier alpha value is -1.34. The second-order valence-electron chi connectivity index (χ2n) is 5.23. The van der Waals surface area contributed by atoms with Gasteiger partial charge in [-0.2, -0.15) is 0 Å². The Morgan fingerprint density at radius 3 is 1.75 bits per heavy atom. The Kier molecular flexibility index (Phi) is 5.60. The Morgan fingerprint density at radius 1 is 0.850 bits per heavy atom. The van der Waals surface area contributed by atoms with E-state index >= 15 is 0 Å². The molecule has 2 heteroatoms. The van der Waals surface area contributed by atoms with Gasteiger partial charge in [0.25, 0.3) is 0 Å². The zero-order chi connectivity index (χ0) is 14.4. The van der Waals surface area contributed by atoms with Crippen molar-refractivity contribution in [2.45, 2.75) is 26.2 Å². The van der Waals surface area contributed by atoms with E-state index in [1.54, 1.807) is 0 Å². The molecule has 2 rings (SSSR count). The lowest BCUT2D eigenvalue weighted by Crippen LogP contribution is -2.10. The quantitative estimate of drug-likeness (QED) is 0.655. The van der Waals surface area contributed by atoms with E-state index in [1.165, 1.54) is 23.3 Å². The van der Waals surface area contributed by atoms with Crippen LogP contribution in [0.25, 0.3) is 0 Å². The second kappa shape index (κ2) is 7.44. The highest BCUT2D eigenvalue weighted by Gasteiger charge is 2.10. The van der Waals surface area contributed by atoms with Crippen LogP contribution in [0.1, 0.15) is 23.6 Å². The summed E-state index contributed by atoms with van der Waals surface area (Å²) >= 11 is 6.08. The van der Waals surface area contributed by atoms with Gasteiger partial charge in [0.2, 0.25) is 0 Å². The van der Waals surface area contributed by atoms with Gasteiger partial charge >= 0.3 is 0 Å². The summed E-state index contributed by atoms with van der Waals surface area (Å²) in [4.78, 5) is 0. The first-order chi connectivity index (χ1) is 9.71. The largest absolute Gasteiger partial charge is 0.207 e. The van der Waals surface area contributed by atoms with Crippen LogP contribution in [-0.2, 0) is 19.3 Å². The molecule has 0 aliphatic carbocycles. The normalized spacial score (nSPS) is 12.3. The van der Waals surface area contributed by atoms with Crippen molar-refractivity contribution >= 4 is 11.6 Å². The van der Waals surface area contributed by atoms with Gasteiger partial charge in [-0.15, -0.1) is 11.6 Å². The van der Waals surface area contributed by atoms with Crippen molar-refractivity contribution < 1.29 is 4.39 Å². The predicted molar refractivity (Wildman–Crippen MR) is 83.8 cm³/mol. The summed E-state index contributed by atoms with van der Waals surface area (Å²) < 4.78 is 12.9. The minimum Gasteiger partial charge on any atom is -0.207 e. The van der Waals surface area contributed by atoms with Crippen LogP contribution >= 0.6 is 11.6 Å². The average molecular weight is 291 g/mol. The molecule has 0 amide bonds. The lowest BCUT2D eigenvalue weighted by Gasteiger charge is -2.14. The molecule has 0 bridgehead atoms. The van der Waals surface area contributed by atoms with Crippen molar-refractivity contribution in [1.29, 1.82) is 0 Å². The number of rotatable bonds is 6. The van der Waals surface area contributed by atoms with E-state index in [9.17, 15) is 4.39 Å². The van der Waals surface area contributed by atoms with Crippen LogP contribution in [0.4, 0.5) is 4.39 Å². The van der Waals surface area contributed by atoms with Crippen molar-refractivity contribution in [1.82, 2.24) is 0 Å². The number of hydrogen-bond donors (Lipinski definition) is 0. The van der Waals surface area contributed by atoms with E-state index in [1.807, 2.05) is 12.1 Å². The van der Waals surface area contributed by atoms with Gasteiger partial charge < -0.3 is 0 Å². The maximum absolute atomic E-state index is 12.9. The summed E-state index contributed by atoms with van der Waals surface area (Å²) in [6, 6.07) is 15.4. The summed E-state index contributed by atoms with van der Waals surface area (Å²) in [5, 5.41) is 0. The number of halogens is 2. The third-order valence-electron chi connectivity index (χ3n) is 3.61. The molecule has 20 heavy (non-hydrogen) atoms. The molecule has 106 valence electrons. The van der Waals surface area contributed by atoms with Gasteiger partial charge in [0.05, 0.1) is 0 Å². The Morgan fingerprint density at radius 2 is 1.30 bits per heavy atom. The van der Waals surface area contributed by atoms with Gasteiger partial charge in [-0.25, -0.2) is 4.39 Å². The van der Waals surface area contributed by atoms with Crippen LogP contribution in [0.5, 0.6) is 0 Å². The lowest BCUT2D eigenvalue weighted by molar-refractivity contribution is 0.581. The van der Waals surface area contributed by atoms with Crippen LogP contribution in [0.15, 0.2) is 48.5 Å². The zero-order valence-electron chi connectivity index (χ0n) is 11.8. The van der Waals surface area contributed by atoms with Crippen LogP contribution in [0.2, 0.25) is 0 Å². The SMILES string of the molecule is CCc1ccc(CC(CCl)Cc2ccc(F)cc2)cc1. The molecule has 0 saturated carbocycles. The summed E-state index contributed by atoms with van der Waals surface area (Å²) in [5.41, 5.74) is 3.81. The highest BCUT2D eigenvalue weighted by atomic mass is 35.5. The maximum atomic E-state index is 12.9. The molecular weight excluding hydrogens is 271 g/mol. The highest BCUT2D eigenvalue weighted by Crippen LogP contribution is 2.17. The second-order valence-corrected chi connectivity index (χ2v) is 5.53. The topological polar surface area (TPSA) is 0 Å². The predicted octanol–water partition coefficient (Wildman–Crippen LogP) is 5.03. The monoisotopic (exact) mass is 290 g/mol. The molecule has 0 N–H and O–H groups in total. The van der Waals surface area contributed by atoms with E-state index in [4.69, 9.17) is 11.6 Å². The van der Waals surface area contributed by atoms with E-state index in [-0.39, 0.29) is 5.82 Å².